The number of aryl methyl sites for hydroxylation is 2. The summed E-state index contributed by atoms with van der Waals surface area (Å²) < 4.78 is 33.1. The van der Waals surface area contributed by atoms with Crippen molar-refractivity contribution >= 4 is 0 Å². The standard InChI is InChI=1S/C22H24N/c1-16(2)20-11-13-22(23(4)15-20)21-12-10-19(14-17(21)3)18-8-6-5-7-9-18/h5-16H,1-4H3/q+1/i1D3,16D. The van der Waals surface area contributed by atoms with Crippen LogP contribution in [0.1, 0.15) is 36.3 Å². The molecular formula is C22H24N+. The third kappa shape index (κ3) is 3.19. The Bertz CT molecular complexity index is 960. The van der Waals surface area contributed by atoms with Crippen LogP contribution in [0.4, 0.5) is 0 Å². The van der Waals surface area contributed by atoms with Crippen molar-refractivity contribution in [2.75, 3.05) is 0 Å². The molecule has 23 heavy (non-hydrogen) atoms. The molecule has 0 saturated heterocycles. The van der Waals surface area contributed by atoms with Crippen molar-refractivity contribution in [3.63, 3.8) is 0 Å². The molecule has 0 aliphatic rings. The van der Waals surface area contributed by atoms with Gasteiger partial charge in [-0.15, -0.1) is 0 Å². The maximum atomic E-state index is 8.28. The molecule has 1 unspecified atom stereocenters. The molecule has 1 heterocycles. The fourth-order valence-corrected chi connectivity index (χ4v) is 2.87. The van der Waals surface area contributed by atoms with E-state index in [4.69, 9.17) is 5.48 Å². The van der Waals surface area contributed by atoms with E-state index >= 15 is 0 Å². The van der Waals surface area contributed by atoms with E-state index < -0.39 is 12.7 Å². The average molecular weight is 306 g/mol. The second-order valence-corrected chi connectivity index (χ2v) is 5.93. The molecule has 0 spiro atoms. The van der Waals surface area contributed by atoms with Gasteiger partial charge in [0.05, 0.1) is 0 Å². The number of aromatic nitrogens is 1. The SMILES string of the molecule is [2H]C([2H])([2H])C([2H])(C)c1ccc(-c2ccc(-c3ccccc3)cc2C)[n+](C)c1. The summed E-state index contributed by atoms with van der Waals surface area (Å²) in [5.74, 6) is -1.64. The summed E-state index contributed by atoms with van der Waals surface area (Å²) in [6.45, 7) is 1.14. The predicted molar refractivity (Wildman–Crippen MR) is 97.3 cm³/mol. The highest BCUT2D eigenvalue weighted by molar-refractivity contribution is 5.70. The number of benzene rings is 2. The first-order chi connectivity index (χ1) is 12.6. The van der Waals surface area contributed by atoms with Crippen LogP contribution in [0.3, 0.4) is 0 Å². The van der Waals surface area contributed by atoms with Gasteiger partial charge in [0.2, 0.25) is 5.69 Å². The molecule has 0 amide bonds. The summed E-state index contributed by atoms with van der Waals surface area (Å²) in [5.41, 5.74) is 6.03. The average Bonchev–Trinajstić information content (AvgIpc) is 2.62. The lowest BCUT2D eigenvalue weighted by Crippen LogP contribution is -2.31. The Morgan fingerprint density at radius 1 is 1.00 bits per heavy atom. The number of hydrogen-bond acceptors (Lipinski definition) is 0. The van der Waals surface area contributed by atoms with Gasteiger partial charge < -0.3 is 0 Å². The van der Waals surface area contributed by atoms with Crippen molar-refractivity contribution in [3.8, 4) is 22.4 Å². The highest BCUT2D eigenvalue weighted by Crippen LogP contribution is 2.27. The number of pyridine rings is 1. The fraction of sp³-hybridized carbons (Fsp3) is 0.227. The van der Waals surface area contributed by atoms with Gasteiger partial charge in [-0.3, -0.25) is 0 Å². The molecule has 0 fully saturated rings. The zero-order valence-electron chi connectivity index (χ0n) is 17.8. The third-order valence-electron chi connectivity index (χ3n) is 4.18. The minimum Gasteiger partial charge on any atom is -0.201 e. The number of nitrogens with zero attached hydrogens (tertiary/aromatic N) is 1. The maximum absolute atomic E-state index is 8.28. The molecule has 3 aromatic rings. The Kier molecular flexibility index (Phi) is 3.10. The van der Waals surface area contributed by atoms with Gasteiger partial charge in [-0.05, 0) is 41.6 Å². The fourth-order valence-electron chi connectivity index (χ4n) is 2.87. The molecule has 0 aliphatic carbocycles. The highest BCUT2D eigenvalue weighted by atomic mass is 14.9. The zero-order chi connectivity index (χ0) is 19.8. The minimum atomic E-state index is -2.38. The van der Waals surface area contributed by atoms with Crippen LogP contribution in [0.25, 0.3) is 22.4 Å². The number of hydrogen-bond donors (Lipinski definition) is 0. The van der Waals surface area contributed by atoms with Crippen LogP contribution in [-0.4, -0.2) is 0 Å². The third-order valence-corrected chi connectivity index (χ3v) is 4.18. The molecule has 3 rings (SSSR count). The van der Waals surface area contributed by atoms with Gasteiger partial charge in [-0.1, -0.05) is 56.2 Å². The van der Waals surface area contributed by atoms with Gasteiger partial charge in [0.15, 0.2) is 6.20 Å². The van der Waals surface area contributed by atoms with Crippen LogP contribution in [0.5, 0.6) is 0 Å². The summed E-state index contributed by atoms with van der Waals surface area (Å²) in [4.78, 5) is 0. The van der Waals surface area contributed by atoms with Crippen LogP contribution < -0.4 is 4.57 Å². The predicted octanol–water partition coefficient (Wildman–Crippen LogP) is 5.28. The summed E-state index contributed by atoms with van der Waals surface area (Å²) in [5, 5.41) is 0. The molecule has 0 bridgehead atoms. The van der Waals surface area contributed by atoms with Crippen molar-refractivity contribution in [1.82, 2.24) is 0 Å². The molecule has 1 heteroatoms. The van der Waals surface area contributed by atoms with Gasteiger partial charge in [-0.25, -0.2) is 4.57 Å². The van der Waals surface area contributed by atoms with Crippen molar-refractivity contribution in [3.05, 3.63) is 78.0 Å². The summed E-state index contributed by atoms with van der Waals surface area (Å²) >= 11 is 0. The summed E-state index contributed by atoms with van der Waals surface area (Å²) in [6, 6.07) is 20.2. The monoisotopic (exact) mass is 306 g/mol. The Labute approximate surface area is 144 Å². The van der Waals surface area contributed by atoms with Crippen LogP contribution in [0.2, 0.25) is 0 Å². The topological polar surface area (TPSA) is 3.88 Å². The molecule has 0 aliphatic heterocycles. The molecule has 1 atom stereocenters. The Balaban J connectivity index is 2.00. The molecular weight excluding hydrogens is 278 g/mol. The zero-order valence-corrected chi connectivity index (χ0v) is 13.8. The van der Waals surface area contributed by atoms with Crippen LogP contribution in [0.15, 0.2) is 66.9 Å². The van der Waals surface area contributed by atoms with E-state index in [-0.39, 0.29) is 0 Å². The lowest BCUT2D eigenvalue weighted by molar-refractivity contribution is -0.660. The lowest BCUT2D eigenvalue weighted by atomic mass is 9.97. The van der Waals surface area contributed by atoms with Gasteiger partial charge in [0.1, 0.15) is 7.05 Å². The first-order valence-electron chi connectivity index (χ1n) is 9.78. The summed E-state index contributed by atoms with van der Waals surface area (Å²) in [7, 11) is 1.89. The smallest absolute Gasteiger partial charge is 0.201 e. The van der Waals surface area contributed by atoms with Crippen LogP contribution in [-0.2, 0) is 7.05 Å². The van der Waals surface area contributed by atoms with E-state index in [1.54, 1.807) is 12.3 Å². The normalized spacial score (nSPS) is 16.7. The van der Waals surface area contributed by atoms with Crippen molar-refractivity contribution in [2.45, 2.75) is 26.6 Å². The number of rotatable bonds is 3. The maximum Gasteiger partial charge on any atom is 0.212 e. The molecule has 1 nitrogen and oxygen atoms in total. The largest absolute Gasteiger partial charge is 0.212 e. The first kappa shape index (κ1) is 11.2. The first-order valence-corrected chi connectivity index (χ1v) is 7.78. The van der Waals surface area contributed by atoms with Gasteiger partial charge in [0, 0.05) is 22.7 Å². The van der Waals surface area contributed by atoms with E-state index in [0.29, 0.717) is 5.56 Å². The van der Waals surface area contributed by atoms with E-state index in [2.05, 4.69) is 37.3 Å². The van der Waals surface area contributed by atoms with Gasteiger partial charge >= 0.3 is 0 Å². The summed E-state index contributed by atoms with van der Waals surface area (Å²) in [6.07, 6.45) is 1.75. The van der Waals surface area contributed by atoms with Crippen molar-refractivity contribution in [1.29, 1.82) is 0 Å². The molecule has 0 saturated carbocycles. The Hall–Kier alpha value is -2.41. The van der Waals surface area contributed by atoms with Crippen molar-refractivity contribution < 1.29 is 10.1 Å². The minimum absolute atomic E-state index is 0.479. The van der Waals surface area contributed by atoms with Crippen LogP contribution in [0, 0.1) is 6.92 Å². The van der Waals surface area contributed by atoms with Crippen molar-refractivity contribution in [2.24, 2.45) is 7.05 Å². The van der Waals surface area contributed by atoms with Gasteiger partial charge in [0.25, 0.3) is 0 Å². The molecule has 1 aromatic heterocycles. The van der Waals surface area contributed by atoms with E-state index in [1.807, 2.05) is 35.9 Å². The quantitative estimate of drug-likeness (QED) is 0.580. The Morgan fingerprint density at radius 3 is 2.43 bits per heavy atom. The highest BCUT2D eigenvalue weighted by Gasteiger charge is 2.14. The Morgan fingerprint density at radius 2 is 1.78 bits per heavy atom. The molecule has 2 aromatic carbocycles. The van der Waals surface area contributed by atoms with Gasteiger partial charge in [-0.2, -0.15) is 0 Å². The molecule has 116 valence electrons. The van der Waals surface area contributed by atoms with E-state index in [9.17, 15) is 0 Å². The second-order valence-electron chi connectivity index (χ2n) is 5.93. The van der Waals surface area contributed by atoms with Crippen LogP contribution >= 0.6 is 0 Å². The van der Waals surface area contributed by atoms with E-state index in [0.717, 1.165) is 22.4 Å². The second kappa shape index (κ2) is 6.37. The van der Waals surface area contributed by atoms with E-state index in [1.165, 1.54) is 12.5 Å². The lowest BCUT2D eigenvalue weighted by Gasteiger charge is -2.09. The molecule has 0 N–H and O–H groups in total. The molecule has 0 radical (unpaired) electrons.